The molecule has 1 amide bonds. The Balaban J connectivity index is 1.97. The van der Waals surface area contributed by atoms with Gasteiger partial charge in [0, 0.05) is 31.4 Å². The van der Waals surface area contributed by atoms with Crippen LogP contribution in [0.25, 0.3) is 0 Å². The average Bonchev–Trinajstić information content (AvgIpc) is 2.97. The molecule has 0 bridgehead atoms. The number of carbonyl (C=O) groups excluding carboxylic acids is 1. The second kappa shape index (κ2) is 7.10. The molecular weight excluding hydrogens is 268 g/mol. The second-order valence-corrected chi connectivity index (χ2v) is 5.58. The van der Waals surface area contributed by atoms with Gasteiger partial charge in [-0.25, -0.2) is 0 Å². The van der Waals surface area contributed by atoms with E-state index >= 15 is 0 Å². The van der Waals surface area contributed by atoms with Crippen molar-refractivity contribution in [3.05, 3.63) is 52.2 Å². The summed E-state index contributed by atoms with van der Waals surface area (Å²) in [5.41, 5.74) is 2.96. The van der Waals surface area contributed by atoms with Gasteiger partial charge in [-0.3, -0.25) is 4.79 Å². The van der Waals surface area contributed by atoms with Crippen molar-refractivity contribution in [1.29, 1.82) is 0 Å². The summed E-state index contributed by atoms with van der Waals surface area (Å²) in [6.45, 7) is 3.73. The fourth-order valence-corrected chi connectivity index (χ4v) is 2.61. The Labute approximate surface area is 124 Å². The highest BCUT2D eigenvalue weighted by Gasteiger charge is 2.11. The van der Waals surface area contributed by atoms with Crippen LogP contribution in [0.2, 0.25) is 0 Å². The van der Waals surface area contributed by atoms with Crippen LogP contribution >= 0.6 is 11.3 Å². The Hall–Kier alpha value is -1.81. The zero-order chi connectivity index (χ0) is 14.4. The molecule has 3 nitrogen and oxygen atoms in total. The van der Waals surface area contributed by atoms with Crippen molar-refractivity contribution in [2.24, 2.45) is 0 Å². The Morgan fingerprint density at radius 1 is 1.25 bits per heavy atom. The molecule has 0 fully saturated rings. The minimum atomic E-state index is 0.0539. The van der Waals surface area contributed by atoms with E-state index < -0.39 is 0 Å². The molecule has 1 aromatic heterocycles. The van der Waals surface area contributed by atoms with Crippen LogP contribution in [0.4, 0.5) is 5.69 Å². The number of nitrogens with one attached hydrogen (secondary N) is 1. The summed E-state index contributed by atoms with van der Waals surface area (Å²) < 4.78 is 0. The Kier molecular flexibility index (Phi) is 5.18. The van der Waals surface area contributed by atoms with Gasteiger partial charge in [0.1, 0.15) is 0 Å². The molecule has 1 heterocycles. The molecule has 0 aliphatic carbocycles. The second-order valence-electron chi connectivity index (χ2n) is 4.80. The molecular formula is C16H20N2OS. The Morgan fingerprint density at radius 2 is 2.00 bits per heavy atom. The molecule has 0 aliphatic heterocycles. The van der Waals surface area contributed by atoms with Crippen LogP contribution in [0.1, 0.15) is 29.3 Å². The molecule has 2 aromatic rings. The van der Waals surface area contributed by atoms with Crippen molar-refractivity contribution in [1.82, 2.24) is 4.90 Å². The number of rotatable bonds is 6. The zero-order valence-corrected chi connectivity index (χ0v) is 12.7. The van der Waals surface area contributed by atoms with Gasteiger partial charge in [0.2, 0.25) is 0 Å². The summed E-state index contributed by atoms with van der Waals surface area (Å²) in [6.07, 6.45) is 1.09. The predicted octanol–water partition coefficient (Wildman–Crippen LogP) is 3.84. The highest BCUT2D eigenvalue weighted by Crippen LogP contribution is 2.14. The highest BCUT2D eigenvalue weighted by molar-refractivity contribution is 7.07. The molecule has 0 saturated carbocycles. The third-order valence-electron chi connectivity index (χ3n) is 3.06. The molecule has 0 radical (unpaired) electrons. The first-order valence-electron chi connectivity index (χ1n) is 6.81. The van der Waals surface area contributed by atoms with Crippen molar-refractivity contribution < 1.29 is 4.79 Å². The smallest absolute Gasteiger partial charge is 0.253 e. The quantitative estimate of drug-likeness (QED) is 0.876. The molecule has 4 heteroatoms. The van der Waals surface area contributed by atoms with E-state index in [1.165, 1.54) is 5.56 Å². The summed E-state index contributed by atoms with van der Waals surface area (Å²) >= 11 is 1.65. The van der Waals surface area contributed by atoms with Gasteiger partial charge in [-0.1, -0.05) is 6.92 Å². The van der Waals surface area contributed by atoms with Crippen LogP contribution in [0.3, 0.4) is 0 Å². The number of nitrogens with zero attached hydrogens (tertiary/aromatic N) is 1. The third kappa shape index (κ3) is 3.84. The lowest BCUT2D eigenvalue weighted by molar-refractivity contribution is 0.0785. The summed E-state index contributed by atoms with van der Waals surface area (Å²) in [4.78, 5) is 14.1. The maximum absolute atomic E-state index is 12.3. The molecule has 1 N–H and O–H groups in total. The van der Waals surface area contributed by atoms with E-state index in [0.29, 0.717) is 6.54 Å². The maximum Gasteiger partial charge on any atom is 0.253 e. The molecule has 106 valence electrons. The molecule has 0 spiro atoms. The summed E-state index contributed by atoms with van der Waals surface area (Å²) in [5, 5.41) is 7.40. The fraction of sp³-hybridized carbons (Fsp3) is 0.312. The monoisotopic (exact) mass is 288 g/mol. The molecule has 0 atom stereocenters. The SMILES string of the molecule is CCCNc1ccc(C(=O)N(C)Cc2ccsc2)cc1. The van der Waals surface area contributed by atoms with Crippen LogP contribution in [0, 0.1) is 0 Å². The van der Waals surface area contributed by atoms with Gasteiger partial charge in [-0.05, 0) is 53.1 Å². The molecule has 0 aliphatic rings. The first-order valence-corrected chi connectivity index (χ1v) is 7.75. The first kappa shape index (κ1) is 14.6. The molecule has 20 heavy (non-hydrogen) atoms. The van der Waals surface area contributed by atoms with Crippen molar-refractivity contribution in [2.75, 3.05) is 18.9 Å². The molecule has 0 unspecified atom stereocenters. The van der Waals surface area contributed by atoms with Crippen molar-refractivity contribution >= 4 is 22.9 Å². The van der Waals surface area contributed by atoms with Crippen LogP contribution in [0.5, 0.6) is 0 Å². The lowest BCUT2D eigenvalue weighted by Crippen LogP contribution is -2.25. The van der Waals surface area contributed by atoms with Crippen LogP contribution in [-0.2, 0) is 6.54 Å². The fourth-order valence-electron chi connectivity index (χ4n) is 1.95. The van der Waals surface area contributed by atoms with E-state index in [-0.39, 0.29) is 5.91 Å². The number of amides is 1. The predicted molar refractivity (Wildman–Crippen MR) is 85.3 cm³/mol. The molecule has 1 aromatic carbocycles. The van der Waals surface area contributed by atoms with Crippen molar-refractivity contribution in [2.45, 2.75) is 19.9 Å². The van der Waals surface area contributed by atoms with Crippen LogP contribution < -0.4 is 5.32 Å². The summed E-state index contributed by atoms with van der Waals surface area (Å²) in [7, 11) is 1.84. The van der Waals surface area contributed by atoms with E-state index in [9.17, 15) is 4.79 Å². The number of hydrogen-bond donors (Lipinski definition) is 1. The Morgan fingerprint density at radius 3 is 2.60 bits per heavy atom. The van der Waals surface area contributed by atoms with E-state index in [2.05, 4.69) is 17.6 Å². The topological polar surface area (TPSA) is 32.3 Å². The van der Waals surface area contributed by atoms with Gasteiger partial charge < -0.3 is 10.2 Å². The van der Waals surface area contributed by atoms with Gasteiger partial charge in [0.25, 0.3) is 5.91 Å². The lowest BCUT2D eigenvalue weighted by atomic mass is 10.1. The third-order valence-corrected chi connectivity index (χ3v) is 3.79. The van der Waals surface area contributed by atoms with Crippen molar-refractivity contribution in [3.63, 3.8) is 0 Å². The zero-order valence-electron chi connectivity index (χ0n) is 11.9. The van der Waals surface area contributed by atoms with E-state index in [1.807, 2.05) is 42.8 Å². The number of benzene rings is 1. The van der Waals surface area contributed by atoms with Gasteiger partial charge >= 0.3 is 0 Å². The standard InChI is InChI=1S/C16H20N2OS/c1-3-9-17-15-6-4-14(5-7-15)16(19)18(2)11-13-8-10-20-12-13/h4-8,10,12,17H,3,9,11H2,1-2H3. The summed E-state index contributed by atoms with van der Waals surface area (Å²) in [5.74, 6) is 0.0539. The first-order chi connectivity index (χ1) is 9.70. The van der Waals surface area contributed by atoms with Crippen molar-refractivity contribution in [3.8, 4) is 0 Å². The largest absolute Gasteiger partial charge is 0.385 e. The Bertz CT molecular complexity index is 534. The number of thiophene rings is 1. The highest BCUT2D eigenvalue weighted by atomic mass is 32.1. The average molecular weight is 288 g/mol. The normalized spacial score (nSPS) is 10.3. The lowest BCUT2D eigenvalue weighted by Gasteiger charge is -2.16. The summed E-state index contributed by atoms with van der Waals surface area (Å²) in [6, 6.07) is 9.73. The molecule has 2 rings (SSSR count). The molecule has 0 saturated heterocycles. The van der Waals surface area contributed by atoms with E-state index in [1.54, 1.807) is 16.2 Å². The van der Waals surface area contributed by atoms with E-state index in [0.717, 1.165) is 24.2 Å². The van der Waals surface area contributed by atoms with Gasteiger partial charge in [0.05, 0.1) is 0 Å². The maximum atomic E-state index is 12.3. The van der Waals surface area contributed by atoms with Crippen LogP contribution in [-0.4, -0.2) is 24.4 Å². The number of anilines is 1. The van der Waals surface area contributed by atoms with Gasteiger partial charge in [0.15, 0.2) is 0 Å². The number of hydrogen-bond acceptors (Lipinski definition) is 3. The van der Waals surface area contributed by atoms with Gasteiger partial charge in [-0.2, -0.15) is 11.3 Å². The van der Waals surface area contributed by atoms with Crippen LogP contribution in [0.15, 0.2) is 41.1 Å². The minimum absolute atomic E-state index is 0.0539. The van der Waals surface area contributed by atoms with E-state index in [4.69, 9.17) is 0 Å². The minimum Gasteiger partial charge on any atom is -0.385 e. The van der Waals surface area contributed by atoms with Gasteiger partial charge in [-0.15, -0.1) is 0 Å². The number of carbonyl (C=O) groups is 1.